The molecule has 1 saturated carbocycles. The largest absolute Gasteiger partial charge is 0.357 e. The van der Waals surface area contributed by atoms with Gasteiger partial charge in [0.25, 0.3) is 0 Å². The third-order valence-electron chi connectivity index (χ3n) is 4.63. The van der Waals surface area contributed by atoms with Gasteiger partial charge < -0.3 is 15.5 Å². The van der Waals surface area contributed by atoms with Crippen LogP contribution in [0.1, 0.15) is 44.7 Å². The number of aliphatic imine (C=N–C) groups is 1. The van der Waals surface area contributed by atoms with Crippen LogP contribution in [0, 0.1) is 0 Å². The lowest BCUT2D eigenvalue weighted by molar-refractivity contribution is 0.306. The molecule has 0 aliphatic heterocycles. The standard InChI is InChI=1S/C18H34N6S/c1-6-19-18(22-15-8-9-16(10-15)25-7-2)20-12-17(23(3)4)14-11-21-24(5)13-14/h11,13,15-17H,6-10,12H2,1-5H3,(H2,19,20,22). The van der Waals surface area contributed by atoms with E-state index in [9.17, 15) is 0 Å². The molecule has 25 heavy (non-hydrogen) atoms. The van der Waals surface area contributed by atoms with E-state index in [1.54, 1.807) is 0 Å². The molecule has 142 valence electrons. The molecule has 1 aromatic rings. The molecule has 6 nitrogen and oxygen atoms in total. The Labute approximate surface area is 156 Å². The minimum absolute atomic E-state index is 0.233. The summed E-state index contributed by atoms with van der Waals surface area (Å²) in [6.45, 7) is 5.96. The maximum absolute atomic E-state index is 4.86. The third kappa shape index (κ3) is 6.22. The molecule has 2 N–H and O–H groups in total. The minimum atomic E-state index is 0.233. The summed E-state index contributed by atoms with van der Waals surface area (Å²) in [5, 5.41) is 12.1. The first kappa shape index (κ1) is 20.1. The average Bonchev–Trinajstić information content (AvgIpc) is 3.17. The molecular formula is C18H34N6S. The van der Waals surface area contributed by atoms with Gasteiger partial charge in [0.05, 0.1) is 18.8 Å². The zero-order chi connectivity index (χ0) is 18.2. The molecule has 3 unspecified atom stereocenters. The first-order chi connectivity index (χ1) is 12.0. The molecule has 0 bridgehead atoms. The van der Waals surface area contributed by atoms with Gasteiger partial charge in [-0.05, 0) is 46.0 Å². The monoisotopic (exact) mass is 366 g/mol. The molecule has 0 radical (unpaired) electrons. The number of hydrogen-bond acceptors (Lipinski definition) is 4. The van der Waals surface area contributed by atoms with Crippen molar-refractivity contribution in [2.75, 3.05) is 32.9 Å². The normalized spacial score (nSPS) is 22.4. The Bertz CT molecular complexity index is 541. The maximum atomic E-state index is 4.86. The van der Waals surface area contributed by atoms with Crippen LogP contribution in [0.2, 0.25) is 0 Å². The fourth-order valence-electron chi connectivity index (χ4n) is 3.33. The van der Waals surface area contributed by atoms with Crippen LogP contribution in [-0.2, 0) is 7.05 Å². The lowest BCUT2D eigenvalue weighted by Crippen LogP contribution is -2.43. The minimum Gasteiger partial charge on any atom is -0.357 e. The summed E-state index contributed by atoms with van der Waals surface area (Å²) in [6.07, 6.45) is 7.80. The van der Waals surface area contributed by atoms with E-state index in [2.05, 4.69) is 66.5 Å². The van der Waals surface area contributed by atoms with Crippen LogP contribution in [-0.4, -0.2) is 64.9 Å². The Balaban J connectivity index is 1.98. The predicted octanol–water partition coefficient (Wildman–Crippen LogP) is 2.25. The molecule has 1 fully saturated rings. The van der Waals surface area contributed by atoms with Gasteiger partial charge in [-0.25, -0.2) is 0 Å². The lowest BCUT2D eigenvalue weighted by Gasteiger charge is -2.23. The fraction of sp³-hybridized carbons (Fsp3) is 0.778. The summed E-state index contributed by atoms with van der Waals surface area (Å²) in [4.78, 5) is 7.07. The quantitative estimate of drug-likeness (QED) is 0.546. The van der Waals surface area contributed by atoms with Crippen LogP contribution in [0.5, 0.6) is 0 Å². The van der Waals surface area contributed by atoms with Crippen molar-refractivity contribution in [3.8, 4) is 0 Å². The van der Waals surface area contributed by atoms with Gasteiger partial charge in [-0.3, -0.25) is 9.67 Å². The van der Waals surface area contributed by atoms with E-state index in [0.29, 0.717) is 12.6 Å². The fourth-order valence-corrected chi connectivity index (χ4v) is 4.47. The number of nitrogens with one attached hydrogen (secondary N) is 2. The SMILES string of the molecule is CCNC(=NCC(c1cnn(C)c1)N(C)C)NC1CCC(SCC)C1. The molecule has 0 aromatic carbocycles. The summed E-state index contributed by atoms with van der Waals surface area (Å²) in [5.41, 5.74) is 1.20. The zero-order valence-corrected chi connectivity index (χ0v) is 17.1. The Morgan fingerprint density at radius 1 is 1.44 bits per heavy atom. The lowest BCUT2D eigenvalue weighted by atomic mass is 10.1. The van der Waals surface area contributed by atoms with E-state index in [0.717, 1.165) is 17.8 Å². The molecule has 3 atom stereocenters. The Morgan fingerprint density at radius 2 is 2.24 bits per heavy atom. The van der Waals surface area contributed by atoms with Crippen molar-refractivity contribution in [2.45, 2.75) is 50.4 Å². The Morgan fingerprint density at radius 3 is 2.84 bits per heavy atom. The van der Waals surface area contributed by atoms with Gasteiger partial charge in [-0.2, -0.15) is 16.9 Å². The van der Waals surface area contributed by atoms with Crippen LogP contribution >= 0.6 is 11.8 Å². The number of aromatic nitrogens is 2. The molecule has 2 rings (SSSR count). The highest BCUT2D eigenvalue weighted by Crippen LogP contribution is 2.29. The van der Waals surface area contributed by atoms with Gasteiger partial charge in [-0.15, -0.1) is 0 Å². The Kier molecular flexibility index (Phi) is 8.09. The van der Waals surface area contributed by atoms with Crippen molar-refractivity contribution >= 4 is 17.7 Å². The highest BCUT2D eigenvalue weighted by Gasteiger charge is 2.25. The van der Waals surface area contributed by atoms with Crippen molar-refractivity contribution in [1.29, 1.82) is 0 Å². The zero-order valence-electron chi connectivity index (χ0n) is 16.3. The van der Waals surface area contributed by atoms with Gasteiger partial charge in [0.1, 0.15) is 0 Å². The smallest absolute Gasteiger partial charge is 0.191 e. The Hall–Kier alpha value is -1.21. The summed E-state index contributed by atoms with van der Waals surface area (Å²) < 4.78 is 1.85. The van der Waals surface area contributed by atoms with Gasteiger partial charge in [0.2, 0.25) is 0 Å². The van der Waals surface area contributed by atoms with Crippen molar-refractivity contribution in [1.82, 2.24) is 25.3 Å². The van der Waals surface area contributed by atoms with Crippen molar-refractivity contribution in [3.05, 3.63) is 18.0 Å². The molecule has 1 heterocycles. The van der Waals surface area contributed by atoms with Gasteiger partial charge >= 0.3 is 0 Å². The molecule has 1 aromatic heterocycles. The van der Waals surface area contributed by atoms with Crippen molar-refractivity contribution in [3.63, 3.8) is 0 Å². The van der Waals surface area contributed by atoms with E-state index >= 15 is 0 Å². The van der Waals surface area contributed by atoms with E-state index < -0.39 is 0 Å². The number of aryl methyl sites for hydroxylation is 1. The number of guanidine groups is 1. The van der Waals surface area contributed by atoms with E-state index in [1.807, 2.05) is 17.9 Å². The summed E-state index contributed by atoms with van der Waals surface area (Å²) in [5.74, 6) is 2.15. The third-order valence-corrected chi connectivity index (χ3v) is 5.86. The molecule has 1 aliphatic carbocycles. The topological polar surface area (TPSA) is 57.5 Å². The molecule has 1 aliphatic rings. The summed E-state index contributed by atoms with van der Waals surface area (Å²) in [6, 6.07) is 0.772. The maximum Gasteiger partial charge on any atom is 0.191 e. The van der Waals surface area contributed by atoms with Crippen molar-refractivity contribution in [2.24, 2.45) is 12.0 Å². The second-order valence-corrected chi connectivity index (χ2v) is 8.46. The number of hydrogen-bond donors (Lipinski definition) is 2. The van der Waals surface area contributed by atoms with Crippen LogP contribution in [0.4, 0.5) is 0 Å². The van der Waals surface area contributed by atoms with Crippen LogP contribution in [0.3, 0.4) is 0 Å². The van der Waals surface area contributed by atoms with Gasteiger partial charge in [0.15, 0.2) is 5.96 Å². The molecule has 0 saturated heterocycles. The van der Waals surface area contributed by atoms with Crippen LogP contribution < -0.4 is 10.6 Å². The summed E-state index contributed by atoms with van der Waals surface area (Å²) >= 11 is 2.09. The van der Waals surface area contributed by atoms with Crippen LogP contribution in [0.25, 0.3) is 0 Å². The van der Waals surface area contributed by atoms with Crippen molar-refractivity contribution < 1.29 is 0 Å². The van der Waals surface area contributed by atoms with E-state index in [4.69, 9.17) is 4.99 Å². The number of rotatable bonds is 8. The second kappa shape index (κ2) is 10.1. The second-order valence-electron chi connectivity index (χ2n) is 6.88. The summed E-state index contributed by atoms with van der Waals surface area (Å²) in [7, 11) is 6.14. The first-order valence-electron chi connectivity index (χ1n) is 9.34. The number of thioether (sulfide) groups is 1. The average molecular weight is 367 g/mol. The highest BCUT2D eigenvalue weighted by atomic mass is 32.2. The highest BCUT2D eigenvalue weighted by molar-refractivity contribution is 7.99. The number of nitrogens with zero attached hydrogens (tertiary/aromatic N) is 4. The van der Waals surface area contributed by atoms with Crippen LogP contribution in [0.15, 0.2) is 17.4 Å². The molecule has 7 heteroatoms. The predicted molar refractivity (Wildman–Crippen MR) is 108 cm³/mol. The first-order valence-corrected chi connectivity index (χ1v) is 10.4. The molecule has 0 spiro atoms. The number of likely N-dealkylation sites (N-methyl/N-ethyl adjacent to an activating group) is 1. The van der Waals surface area contributed by atoms with E-state index in [1.165, 1.54) is 30.6 Å². The molecule has 0 amide bonds. The van der Waals surface area contributed by atoms with E-state index in [-0.39, 0.29) is 6.04 Å². The van der Waals surface area contributed by atoms with Gasteiger partial charge in [-0.1, -0.05) is 6.92 Å². The molecular weight excluding hydrogens is 332 g/mol. The van der Waals surface area contributed by atoms with Gasteiger partial charge in [0, 0.05) is 36.6 Å².